The molecular formula is C17H19FN2O3S. The number of hydrogen-bond acceptors (Lipinski definition) is 3. The summed E-state index contributed by atoms with van der Waals surface area (Å²) in [6.07, 6.45) is 0.679. The third kappa shape index (κ3) is 5.14. The monoisotopic (exact) mass is 350 g/mol. The van der Waals surface area contributed by atoms with Crippen LogP contribution in [-0.2, 0) is 21.2 Å². The third-order valence-corrected chi connectivity index (χ3v) is 4.88. The molecule has 0 aliphatic carbocycles. The van der Waals surface area contributed by atoms with Crippen molar-refractivity contribution in [2.24, 2.45) is 0 Å². The van der Waals surface area contributed by atoms with Gasteiger partial charge in [0, 0.05) is 18.7 Å². The number of aryl methyl sites for hydroxylation is 1. The zero-order valence-electron chi connectivity index (χ0n) is 13.3. The van der Waals surface area contributed by atoms with Gasteiger partial charge in [-0.1, -0.05) is 25.1 Å². The molecule has 0 unspecified atom stereocenters. The van der Waals surface area contributed by atoms with Gasteiger partial charge >= 0.3 is 0 Å². The van der Waals surface area contributed by atoms with Crippen LogP contribution in [-0.4, -0.2) is 20.9 Å². The summed E-state index contributed by atoms with van der Waals surface area (Å²) in [7, 11) is -3.47. The number of anilines is 1. The first-order chi connectivity index (χ1) is 11.4. The number of nitrogens with one attached hydrogen (secondary N) is 2. The number of benzene rings is 2. The van der Waals surface area contributed by atoms with Crippen LogP contribution in [0.4, 0.5) is 10.1 Å². The Hall–Kier alpha value is -2.25. The minimum Gasteiger partial charge on any atom is -0.326 e. The average Bonchev–Trinajstić information content (AvgIpc) is 2.53. The highest BCUT2D eigenvalue weighted by Crippen LogP contribution is 2.13. The fraction of sp³-hybridized carbons (Fsp3) is 0.235. The Morgan fingerprint density at radius 1 is 1.12 bits per heavy atom. The van der Waals surface area contributed by atoms with E-state index in [0.29, 0.717) is 18.7 Å². The van der Waals surface area contributed by atoms with E-state index in [4.69, 9.17) is 0 Å². The van der Waals surface area contributed by atoms with Crippen LogP contribution in [0.25, 0.3) is 0 Å². The number of rotatable bonds is 7. The number of amides is 1. The van der Waals surface area contributed by atoms with Gasteiger partial charge in [0.2, 0.25) is 15.9 Å². The molecule has 0 aliphatic heterocycles. The molecule has 0 saturated heterocycles. The Bertz CT molecular complexity index is 805. The fourth-order valence-electron chi connectivity index (χ4n) is 2.16. The fourth-order valence-corrected chi connectivity index (χ4v) is 3.20. The molecule has 0 spiro atoms. The van der Waals surface area contributed by atoms with Crippen LogP contribution in [0.15, 0.2) is 53.4 Å². The van der Waals surface area contributed by atoms with Crippen LogP contribution in [0.3, 0.4) is 0 Å². The smallest absolute Gasteiger partial charge is 0.240 e. The summed E-state index contributed by atoms with van der Waals surface area (Å²) in [5, 5.41) is 2.62. The van der Waals surface area contributed by atoms with Crippen molar-refractivity contribution in [2.45, 2.75) is 24.7 Å². The van der Waals surface area contributed by atoms with Crippen LogP contribution >= 0.6 is 0 Å². The molecule has 2 rings (SSSR count). The maximum Gasteiger partial charge on any atom is 0.240 e. The van der Waals surface area contributed by atoms with E-state index in [2.05, 4.69) is 10.0 Å². The Balaban J connectivity index is 1.91. The minimum absolute atomic E-state index is 0.192. The Morgan fingerprint density at radius 3 is 2.46 bits per heavy atom. The van der Waals surface area contributed by atoms with Crippen LogP contribution in [0.1, 0.15) is 18.9 Å². The lowest BCUT2D eigenvalue weighted by Crippen LogP contribution is -2.23. The van der Waals surface area contributed by atoms with Gasteiger partial charge in [0.25, 0.3) is 0 Å². The van der Waals surface area contributed by atoms with E-state index in [9.17, 15) is 17.6 Å². The van der Waals surface area contributed by atoms with Crippen molar-refractivity contribution in [3.05, 3.63) is 59.9 Å². The molecule has 5 nitrogen and oxygen atoms in total. The molecule has 0 bridgehead atoms. The predicted molar refractivity (Wildman–Crippen MR) is 90.7 cm³/mol. The number of halogens is 1. The van der Waals surface area contributed by atoms with Crippen LogP contribution in [0.2, 0.25) is 0 Å². The first-order valence-corrected chi connectivity index (χ1v) is 9.03. The van der Waals surface area contributed by atoms with Crippen LogP contribution in [0, 0.1) is 5.82 Å². The highest BCUT2D eigenvalue weighted by Gasteiger charge is 2.12. The molecule has 2 N–H and O–H groups in total. The second-order valence-electron chi connectivity index (χ2n) is 5.20. The first-order valence-electron chi connectivity index (χ1n) is 7.55. The van der Waals surface area contributed by atoms with Gasteiger partial charge < -0.3 is 5.32 Å². The van der Waals surface area contributed by atoms with Gasteiger partial charge in [-0.2, -0.15) is 0 Å². The first kappa shape index (κ1) is 18.1. The van der Waals surface area contributed by atoms with E-state index in [1.165, 1.54) is 30.3 Å². The average molecular weight is 350 g/mol. The Morgan fingerprint density at radius 2 is 1.83 bits per heavy atom. The summed E-state index contributed by atoms with van der Waals surface area (Å²) in [5.41, 5.74) is 1.26. The highest BCUT2D eigenvalue weighted by molar-refractivity contribution is 7.89. The number of carbonyl (C=O) groups is 1. The third-order valence-electron chi connectivity index (χ3n) is 3.32. The van der Waals surface area contributed by atoms with Crippen molar-refractivity contribution in [1.82, 2.24) is 4.72 Å². The molecule has 0 heterocycles. The molecule has 2 aromatic carbocycles. The molecule has 0 radical (unpaired) electrons. The molecule has 1 amide bonds. The second-order valence-corrected chi connectivity index (χ2v) is 6.97. The molecule has 24 heavy (non-hydrogen) atoms. The molecular weight excluding hydrogens is 331 g/mol. The Kier molecular flexibility index (Phi) is 6.05. The predicted octanol–water partition coefficient (Wildman–Crippen LogP) is 2.70. The van der Waals surface area contributed by atoms with Crippen molar-refractivity contribution in [3.8, 4) is 0 Å². The van der Waals surface area contributed by atoms with E-state index < -0.39 is 15.8 Å². The zero-order chi connectivity index (χ0) is 17.6. The number of carbonyl (C=O) groups excluding carboxylic acids is 1. The largest absolute Gasteiger partial charge is 0.326 e. The summed E-state index contributed by atoms with van der Waals surface area (Å²) in [6.45, 7) is 2.04. The summed E-state index contributed by atoms with van der Waals surface area (Å²) < 4.78 is 39.1. The number of hydrogen-bond donors (Lipinski definition) is 2. The van der Waals surface area contributed by atoms with Crippen LogP contribution in [0.5, 0.6) is 0 Å². The van der Waals surface area contributed by atoms with E-state index in [0.717, 1.165) is 5.56 Å². The standard InChI is InChI=1S/C17H19FN2O3S/c1-2-19-24(22,23)16-9-6-13(7-10-16)8-11-17(21)20-15-5-3-4-14(18)12-15/h3-7,9-10,12,19H,2,8,11H2,1H3,(H,20,21). The molecule has 0 aliphatic rings. The van der Waals surface area contributed by atoms with Gasteiger partial charge in [0.15, 0.2) is 0 Å². The van der Waals surface area contributed by atoms with Crippen molar-refractivity contribution in [2.75, 3.05) is 11.9 Å². The molecule has 0 aromatic heterocycles. The molecule has 128 valence electrons. The quantitative estimate of drug-likeness (QED) is 0.806. The maximum absolute atomic E-state index is 13.1. The molecule has 7 heteroatoms. The van der Waals surface area contributed by atoms with Gasteiger partial charge in [-0.05, 0) is 42.3 Å². The van der Waals surface area contributed by atoms with E-state index in [-0.39, 0.29) is 17.2 Å². The lowest BCUT2D eigenvalue weighted by Gasteiger charge is -2.07. The normalized spacial score (nSPS) is 11.2. The Labute approximate surface area is 141 Å². The van der Waals surface area contributed by atoms with Gasteiger partial charge in [-0.3, -0.25) is 4.79 Å². The van der Waals surface area contributed by atoms with Crippen molar-refractivity contribution in [3.63, 3.8) is 0 Å². The summed E-state index contributed by atoms with van der Waals surface area (Å²) in [5.74, 6) is -0.643. The zero-order valence-corrected chi connectivity index (χ0v) is 14.1. The van der Waals surface area contributed by atoms with Crippen LogP contribution < -0.4 is 10.0 Å². The lowest BCUT2D eigenvalue weighted by molar-refractivity contribution is -0.116. The lowest BCUT2D eigenvalue weighted by atomic mass is 10.1. The van der Waals surface area contributed by atoms with Crippen molar-refractivity contribution in [1.29, 1.82) is 0 Å². The van der Waals surface area contributed by atoms with Crippen molar-refractivity contribution < 1.29 is 17.6 Å². The van der Waals surface area contributed by atoms with Gasteiger partial charge in [0.05, 0.1) is 4.90 Å². The van der Waals surface area contributed by atoms with Gasteiger partial charge in [-0.25, -0.2) is 17.5 Å². The van der Waals surface area contributed by atoms with E-state index in [1.54, 1.807) is 25.1 Å². The summed E-state index contributed by atoms with van der Waals surface area (Å²) >= 11 is 0. The maximum atomic E-state index is 13.1. The molecule has 0 atom stereocenters. The van der Waals surface area contributed by atoms with E-state index in [1.807, 2.05) is 0 Å². The molecule has 0 saturated carbocycles. The van der Waals surface area contributed by atoms with Gasteiger partial charge in [0.1, 0.15) is 5.82 Å². The van der Waals surface area contributed by atoms with E-state index >= 15 is 0 Å². The van der Waals surface area contributed by atoms with Gasteiger partial charge in [-0.15, -0.1) is 0 Å². The molecule has 2 aromatic rings. The SMILES string of the molecule is CCNS(=O)(=O)c1ccc(CCC(=O)Nc2cccc(F)c2)cc1. The topological polar surface area (TPSA) is 75.3 Å². The second kappa shape index (κ2) is 8.03. The highest BCUT2D eigenvalue weighted by atomic mass is 32.2. The summed E-state index contributed by atoms with van der Waals surface area (Å²) in [6, 6.07) is 12.1. The minimum atomic E-state index is -3.47. The van der Waals surface area contributed by atoms with Crippen molar-refractivity contribution >= 4 is 21.6 Å². The number of sulfonamides is 1. The molecule has 0 fully saturated rings. The summed E-state index contributed by atoms with van der Waals surface area (Å²) in [4.78, 5) is 12.1.